The molecule has 1 N–H and O–H groups in total. The Bertz CT molecular complexity index is 584. The van der Waals surface area contributed by atoms with Crippen LogP contribution < -0.4 is 5.32 Å². The average Bonchev–Trinajstić information content (AvgIpc) is 2.84. The molecule has 0 bridgehead atoms. The van der Waals surface area contributed by atoms with Crippen molar-refractivity contribution >= 4 is 23.6 Å². The van der Waals surface area contributed by atoms with Crippen LogP contribution in [0, 0.1) is 0 Å². The molecule has 4 nitrogen and oxygen atoms in total. The lowest BCUT2D eigenvalue weighted by Gasteiger charge is -2.26. The Balaban J connectivity index is 1.60. The molecule has 0 aromatic heterocycles. The maximum Gasteiger partial charge on any atom is 0.253 e. The molecule has 130 valence electrons. The first kappa shape index (κ1) is 17.3. The largest absolute Gasteiger partial charge is 0.355 e. The molecule has 3 rings (SSSR count). The van der Waals surface area contributed by atoms with E-state index in [1.54, 1.807) is 11.8 Å². The van der Waals surface area contributed by atoms with Crippen LogP contribution in [0.1, 0.15) is 54.4 Å². The number of thioether (sulfide) groups is 1. The first-order valence-corrected chi connectivity index (χ1v) is 10.1. The summed E-state index contributed by atoms with van der Waals surface area (Å²) in [5.74, 6) is 1.09. The van der Waals surface area contributed by atoms with Crippen molar-refractivity contribution in [3.8, 4) is 0 Å². The second-order valence-electron chi connectivity index (χ2n) is 6.64. The van der Waals surface area contributed by atoms with Crippen LogP contribution in [0.2, 0.25) is 0 Å². The van der Waals surface area contributed by atoms with Crippen molar-refractivity contribution in [2.75, 3.05) is 19.6 Å². The molecule has 2 aliphatic rings. The zero-order valence-corrected chi connectivity index (χ0v) is 14.9. The topological polar surface area (TPSA) is 49.4 Å². The number of likely N-dealkylation sites (tertiary alicyclic amines) is 1. The summed E-state index contributed by atoms with van der Waals surface area (Å²) in [4.78, 5) is 26.6. The molecular weight excluding hydrogens is 320 g/mol. The first-order chi connectivity index (χ1) is 11.7. The summed E-state index contributed by atoms with van der Waals surface area (Å²) in [6.45, 7) is 2.55. The molecule has 2 fully saturated rings. The minimum absolute atomic E-state index is 0.0361. The lowest BCUT2D eigenvalue weighted by molar-refractivity contribution is -0.120. The Morgan fingerprint density at radius 3 is 2.83 bits per heavy atom. The lowest BCUT2D eigenvalue weighted by Crippen LogP contribution is -2.35. The van der Waals surface area contributed by atoms with E-state index < -0.39 is 0 Å². The van der Waals surface area contributed by atoms with Crippen LogP contribution in [0.3, 0.4) is 0 Å². The molecule has 1 atom stereocenters. The number of piperidine rings is 1. The number of amides is 2. The summed E-state index contributed by atoms with van der Waals surface area (Å²) in [7, 11) is 0. The van der Waals surface area contributed by atoms with Gasteiger partial charge in [-0.15, -0.1) is 11.8 Å². The predicted molar refractivity (Wildman–Crippen MR) is 98.1 cm³/mol. The van der Waals surface area contributed by atoms with Crippen molar-refractivity contribution in [3.05, 3.63) is 35.4 Å². The van der Waals surface area contributed by atoms with Crippen molar-refractivity contribution in [1.29, 1.82) is 0 Å². The van der Waals surface area contributed by atoms with Crippen molar-refractivity contribution in [3.63, 3.8) is 0 Å². The van der Waals surface area contributed by atoms with E-state index in [2.05, 4.69) is 11.4 Å². The van der Waals surface area contributed by atoms with Crippen molar-refractivity contribution in [2.45, 2.75) is 49.5 Å². The SMILES string of the molecule is O=C1NCCCC[C@H]1SCc1cccc(C(=O)N2CCCCC2)c1. The van der Waals surface area contributed by atoms with Gasteiger partial charge in [-0.1, -0.05) is 18.6 Å². The number of benzene rings is 1. The summed E-state index contributed by atoms with van der Waals surface area (Å²) < 4.78 is 0. The van der Waals surface area contributed by atoms with Gasteiger partial charge in [0.2, 0.25) is 5.91 Å². The Morgan fingerprint density at radius 1 is 1.17 bits per heavy atom. The molecule has 1 aromatic carbocycles. The molecule has 0 aliphatic carbocycles. The van der Waals surface area contributed by atoms with Gasteiger partial charge in [-0.25, -0.2) is 0 Å². The Hall–Kier alpha value is -1.49. The summed E-state index contributed by atoms with van der Waals surface area (Å²) in [6.07, 6.45) is 6.56. The lowest BCUT2D eigenvalue weighted by atomic mass is 10.1. The van der Waals surface area contributed by atoms with Crippen molar-refractivity contribution in [2.24, 2.45) is 0 Å². The molecule has 0 radical (unpaired) electrons. The average molecular weight is 346 g/mol. The highest BCUT2D eigenvalue weighted by Gasteiger charge is 2.21. The van der Waals surface area contributed by atoms with Crippen molar-refractivity contribution < 1.29 is 9.59 Å². The second kappa shape index (κ2) is 8.56. The fraction of sp³-hybridized carbons (Fsp3) is 0.579. The van der Waals surface area contributed by atoms with E-state index in [-0.39, 0.29) is 17.1 Å². The first-order valence-electron chi connectivity index (χ1n) is 9.01. The van der Waals surface area contributed by atoms with Gasteiger partial charge in [0, 0.05) is 31.0 Å². The minimum Gasteiger partial charge on any atom is -0.355 e. The smallest absolute Gasteiger partial charge is 0.253 e. The molecule has 0 unspecified atom stereocenters. The van der Waals surface area contributed by atoms with Gasteiger partial charge in [0.25, 0.3) is 5.91 Å². The molecular formula is C19H26N2O2S. The van der Waals surface area contributed by atoms with E-state index in [1.807, 2.05) is 23.1 Å². The molecule has 2 heterocycles. The zero-order valence-electron chi connectivity index (χ0n) is 14.1. The number of hydrogen-bond acceptors (Lipinski definition) is 3. The standard InChI is InChI=1S/C19H26N2O2S/c22-18-17(9-2-3-10-20-18)24-14-15-7-6-8-16(13-15)19(23)21-11-4-1-5-12-21/h6-8,13,17H,1-5,9-12,14H2,(H,20,22)/t17-/m1/s1. The number of nitrogens with zero attached hydrogens (tertiary/aromatic N) is 1. The number of hydrogen-bond donors (Lipinski definition) is 1. The molecule has 1 aromatic rings. The predicted octanol–water partition coefficient (Wildman–Crippen LogP) is 3.21. The zero-order chi connectivity index (χ0) is 16.8. The molecule has 2 amide bonds. The maximum atomic E-state index is 12.6. The Kier molecular flexibility index (Phi) is 6.18. The van der Waals surface area contributed by atoms with E-state index in [1.165, 1.54) is 6.42 Å². The minimum atomic E-state index is 0.0361. The molecule has 0 saturated carbocycles. The number of carbonyl (C=O) groups excluding carboxylic acids is 2. The summed E-state index contributed by atoms with van der Waals surface area (Å²) in [5.41, 5.74) is 1.90. The number of rotatable bonds is 4. The summed E-state index contributed by atoms with van der Waals surface area (Å²) in [6, 6.07) is 7.91. The highest BCUT2D eigenvalue weighted by molar-refractivity contribution is 7.99. The van der Waals surface area contributed by atoms with Gasteiger partial charge < -0.3 is 10.2 Å². The van der Waals surface area contributed by atoms with Crippen LogP contribution in [-0.2, 0) is 10.5 Å². The number of nitrogens with one attached hydrogen (secondary N) is 1. The van der Waals surface area contributed by atoms with Gasteiger partial charge in [-0.2, -0.15) is 0 Å². The quantitative estimate of drug-likeness (QED) is 0.911. The van der Waals surface area contributed by atoms with Crippen molar-refractivity contribution in [1.82, 2.24) is 10.2 Å². The van der Waals surface area contributed by atoms with E-state index >= 15 is 0 Å². The highest BCUT2D eigenvalue weighted by Crippen LogP contribution is 2.24. The van der Waals surface area contributed by atoms with Gasteiger partial charge in [-0.05, 0) is 49.8 Å². The van der Waals surface area contributed by atoms with Gasteiger partial charge in [0.1, 0.15) is 0 Å². The molecule has 0 spiro atoms. The summed E-state index contributed by atoms with van der Waals surface area (Å²) in [5, 5.41) is 3.02. The van der Waals surface area contributed by atoms with Crippen LogP contribution in [0.25, 0.3) is 0 Å². The van der Waals surface area contributed by atoms with Gasteiger partial charge in [-0.3, -0.25) is 9.59 Å². The Morgan fingerprint density at radius 2 is 2.00 bits per heavy atom. The van der Waals surface area contributed by atoms with Gasteiger partial charge in [0.15, 0.2) is 0 Å². The molecule has 5 heteroatoms. The van der Waals surface area contributed by atoms with Crippen LogP contribution in [0.4, 0.5) is 0 Å². The van der Waals surface area contributed by atoms with Crippen LogP contribution in [-0.4, -0.2) is 41.6 Å². The van der Waals surface area contributed by atoms with Gasteiger partial charge >= 0.3 is 0 Å². The third-order valence-corrected chi connectivity index (χ3v) is 6.11. The van der Waals surface area contributed by atoms with E-state index in [4.69, 9.17) is 0 Å². The van der Waals surface area contributed by atoms with E-state index in [0.717, 1.165) is 68.6 Å². The second-order valence-corrected chi connectivity index (χ2v) is 7.83. The molecule has 2 aliphatic heterocycles. The van der Waals surface area contributed by atoms with Gasteiger partial charge in [0.05, 0.1) is 5.25 Å². The summed E-state index contributed by atoms with van der Waals surface area (Å²) >= 11 is 1.69. The highest BCUT2D eigenvalue weighted by atomic mass is 32.2. The van der Waals surface area contributed by atoms with Crippen LogP contribution in [0.5, 0.6) is 0 Å². The van der Waals surface area contributed by atoms with E-state index in [9.17, 15) is 9.59 Å². The number of carbonyl (C=O) groups is 2. The van der Waals surface area contributed by atoms with E-state index in [0.29, 0.717) is 0 Å². The fourth-order valence-electron chi connectivity index (χ4n) is 3.34. The monoisotopic (exact) mass is 346 g/mol. The molecule has 24 heavy (non-hydrogen) atoms. The third-order valence-electron chi connectivity index (χ3n) is 4.75. The van der Waals surface area contributed by atoms with Crippen LogP contribution in [0.15, 0.2) is 24.3 Å². The molecule has 2 saturated heterocycles. The van der Waals surface area contributed by atoms with Crippen LogP contribution >= 0.6 is 11.8 Å². The third kappa shape index (κ3) is 4.53. The maximum absolute atomic E-state index is 12.6. The Labute approximate surface area is 148 Å². The fourth-order valence-corrected chi connectivity index (χ4v) is 4.48. The normalized spacial score (nSPS) is 21.9.